The standard InChI is InChI=1S/C6H5NO2.ClHO4S/c8-7(9)6-4-2-1-3-5-6;1-5-6(2,3)4/h1-5H;(H,2,3,4). The summed E-state index contributed by atoms with van der Waals surface area (Å²) in [5, 5.41) is 10.0. The van der Waals surface area contributed by atoms with Crippen LogP contribution in [0, 0.1) is 10.1 Å². The van der Waals surface area contributed by atoms with E-state index in [1.165, 1.54) is 12.1 Å². The molecule has 9 heteroatoms. The molecule has 0 atom stereocenters. The average molecular weight is 256 g/mol. The predicted octanol–water partition coefficient (Wildman–Crippen LogP) is 1.55. The molecule has 1 rings (SSSR count). The summed E-state index contributed by atoms with van der Waals surface area (Å²) in [7, 11) is -4.40. The number of rotatable bonds is 2. The Morgan fingerprint density at radius 3 is 1.93 bits per heavy atom. The van der Waals surface area contributed by atoms with Crippen LogP contribution in [-0.4, -0.2) is 17.9 Å². The van der Waals surface area contributed by atoms with Crippen molar-refractivity contribution in [3.05, 3.63) is 40.4 Å². The molecule has 0 aliphatic heterocycles. The molecule has 0 spiro atoms. The van der Waals surface area contributed by atoms with Crippen LogP contribution in [0.1, 0.15) is 0 Å². The largest absolute Gasteiger partial charge is 0.413 e. The molecule has 0 heterocycles. The summed E-state index contributed by atoms with van der Waals surface area (Å²) < 4.78 is 28.8. The van der Waals surface area contributed by atoms with E-state index >= 15 is 0 Å². The first kappa shape index (κ1) is 13.8. The number of benzene rings is 1. The van der Waals surface area contributed by atoms with Crippen LogP contribution < -0.4 is 0 Å². The second-order valence-electron chi connectivity index (χ2n) is 2.08. The smallest absolute Gasteiger partial charge is 0.263 e. The van der Waals surface area contributed by atoms with Gasteiger partial charge in [-0.15, -0.1) is 3.74 Å². The number of hydrogen-bond donors (Lipinski definition) is 1. The van der Waals surface area contributed by atoms with Gasteiger partial charge in [0.25, 0.3) is 5.69 Å². The Morgan fingerprint density at radius 2 is 1.73 bits per heavy atom. The van der Waals surface area contributed by atoms with Crippen molar-refractivity contribution < 1.29 is 21.6 Å². The van der Waals surface area contributed by atoms with Crippen LogP contribution in [0.3, 0.4) is 0 Å². The van der Waals surface area contributed by atoms with Crippen molar-refractivity contribution in [3.63, 3.8) is 0 Å². The van der Waals surface area contributed by atoms with E-state index in [1.807, 2.05) is 0 Å². The summed E-state index contributed by atoms with van der Waals surface area (Å²) in [4.78, 5) is 9.59. The van der Waals surface area contributed by atoms with E-state index in [4.69, 9.17) is 4.55 Å². The molecule has 0 aliphatic carbocycles. The molecule has 1 N–H and O–H groups in total. The Morgan fingerprint density at radius 1 is 1.33 bits per heavy atom. The molecule has 7 nitrogen and oxygen atoms in total. The van der Waals surface area contributed by atoms with E-state index in [1.54, 1.807) is 18.2 Å². The minimum Gasteiger partial charge on any atom is -0.263 e. The number of halogens is 1. The number of non-ortho nitro benzene ring substituents is 1. The van der Waals surface area contributed by atoms with Gasteiger partial charge < -0.3 is 0 Å². The van der Waals surface area contributed by atoms with Gasteiger partial charge in [0.05, 0.1) is 16.8 Å². The van der Waals surface area contributed by atoms with Crippen LogP contribution in [0.25, 0.3) is 0 Å². The molecule has 0 unspecified atom stereocenters. The van der Waals surface area contributed by atoms with E-state index in [0.29, 0.717) is 0 Å². The van der Waals surface area contributed by atoms with Crippen molar-refractivity contribution in [2.24, 2.45) is 0 Å². The number of nitrogens with zero attached hydrogens (tertiary/aromatic N) is 1. The Labute approximate surface area is 90.5 Å². The fraction of sp³-hybridized carbons (Fsp3) is 0. The van der Waals surface area contributed by atoms with Crippen molar-refractivity contribution in [2.45, 2.75) is 0 Å². The maximum Gasteiger partial charge on any atom is 0.413 e. The molecule has 15 heavy (non-hydrogen) atoms. The van der Waals surface area contributed by atoms with Gasteiger partial charge in [0.1, 0.15) is 0 Å². The molecule has 84 valence electrons. The lowest BCUT2D eigenvalue weighted by molar-refractivity contribution is -0.384. The lowest BCUT2D eigenvalue weighted by Crippen LogP contribution is -1.92. The van der Waals surface area contributed by atoms with E-state index in [9.17, 15) is 18.5 Å². The molecule has 0 fully saturated rings. The lowest BCUT2D eigenvalue weighted by Gasteiger charge is -1.85. The number of para-hydroxylation sites is 1. The highest BCUT2D eigenvalue weighted by Gasteiger charge is 1.98. The first-order valence-corrected chi connectivity index (χ1v) is 5.01. The van der Waals surface area contributed by atoms with Gasteiger partial charge in [0.2, 0.25) is 0 Å². The molecule has 0 radical (unpaired) electrons. The highest BCUT2D eigenvalue weighted by molar-refractivity contribution is 7.81. The third kappa shape index (κ3) is 7.82. The SMILES string of the molecule is O=S(=O)(O)OCl.O=[N+]([O-])c1ccccc1. The van der Waals surface area contributed by atoms with Crippen molar-refractivity contribution in [2.75, 3.05) is 0 Å². The maximum absolute atomic E-state index is 10.0. The van der Waals surface area contributed by atoms with Crippen LogP contribution in [-0.2, 0) is 14.1 Å². The molecule has 0 amide bonds. The Bertz CT molecular complexity index is 405. The van der Waals surface area contributed by atoms with Gasteiger partial charge in [-0.05, 0) is 0 Å². The van der Waals surface area contributed by atoms with Crippen LogP contribution in [0.4, 0.5) is 5.69 Å². The van der Waals surface area contributed by atoms with Crippen molar-refractivity contribution in [3.8, 4) is 0 Å². The molecule has 0 aromatic heterocycles. The van der Waals surface area contributed by atoms with Gasteiger partial charge >= 0.3 is 10.4 Å². The molecule has 0 saturated heterocycles. The first-order valence-electron chi connectivity index (χ1n) is 3.34. The van der Waals surface area contributed by atoms with Gasteiger partial charge in [-0.2, -0.15) is 8.42 Å². The number of nitro groups is 1. The average Bonchev–Trinajstić information content (AvgIpc) is 2.19. The molecule has 0 saturated carbocycles. The number of hydrogen-bond acceptors (Lipinski definition) is 5. The second-order valence-corrected chi connectivity index (χ2v) is 3.44. The molecule has 1 aromatic carbocycles. The van der Waals surface area contributed by atoms with Gasteiger partial charge in [-0.25, -0.2) is 0 Å². The van der Waals surface area contributed by atoms with Crippen molar-refractivity contribution in [1.82, 2.24) is 0 Å². The zero-order valence-electron chi connectivity index (χ0n) is 7.11. The van der Waals surface area contributed by atoms with Crippen LogP contribution in [0.5, 0.6) is 0 Å². The predicted molar refractivity (Wildman–Crippen MR) is 51.6 cm³/mol. The second kappa shape index (κ2) is 6.30. The maximum atomic E-state index is 10.0. The van der Waals surface area contributed by atoms with E-state index in [2.05, 4.69) is 15.6 Å². The van der Waals surface area contributed by atoms with Crippen LogP contribution >= 0.6 is 11.9 Å². The summed E-state index contributed by atoms with van der Waals surface area (Å²) in [6.07, 6.45) is 0. The number of nitro benzene ring substituents is 1. The quantitative estimate of drug-likeness (QED) is 0.488. The Kier molecular flexibility index (Phi) is 5.79. The molecule has 0 aliphatic rings. The van der Waals surface area contributed by atoms with Gasteiger partial charge in [-0.1, -0.05) is 18.2 Å². The monoisotopic (exact) mass is 255 g/mol. The fourth-order valence-corrected chi connectivity index (χ4v) is 0.550. The minimum atomic E-state index is -4.40. The Balaban J connectivity index is 0.000000288. The Hall–Kier alpha value is -1.22. The van der Waals surface area contributed by atoms with E-state index in [-0.39, 0.29) is 5.69 Å². The van der Waals surface area contributed by atoms with Gasteiger partial charge in [0.15, 0.2) is 0 Å². The molecule has 0 bridgehead atoms. The van der Waals surface area contributed by atoms with E-state index in [0.717, 1.165) is 0 Å². The summed E-state index contributed by atoms with van der Waals surface area (Å²) in [6, 6.07) is 7.93. The summed E-state index contributed by atoms with van der Waals surface area (Å²) in [5.41, 5.74) is 0.137. The normalized spacial score (nSPS) is 10.0. The summed E-state index contributed by atoms with van der Waals surface area (Å²) in [6.45, 7) is 0. The van der Waals surface area contributed by atoms with Crippen LogP contribution in [0.15, 0.2) is 30.3 Å². The third-order valence-electron chi connectivity index (χ3n) is 1.05. The van der Waals surface area contributed by atoms with Crippen molar-refractivity contribution in [1.29, 1.82) is 0 Å². The molecule has 1 aromatic rings. The molecular formula is C6H6ClNO6S. The molecular weight excluding hydrogens is 250 g/mol. The highest BCUT2D eigenvalue weighted by atomic mass is 35.5. The van der Waals surface area contributed by atoms with Gasteiger partial charge in [0, 0.05) is 12.1 Å². The highest BCUT2D eigenvalue weighted by Crippen LogP contribution is 2.06. The summed E-state index contributed by atoms with van der Waals surface area (Å²) >= 11 is 4.14. The topological polar surface area (TPSA) is 107 Å². The van der Waals surface area contributed by atoms with E-state index < -0.39 is 15.3 Å². The third-order valence-corrected chi connectivity index (χ3v) is 1.68. The first-order chi connectivity index (χ1) is 6.87. The zero-order chi connectivity index (χ0) is 11.9. The lowest BCUT2D eigenvalue weighted by atomic mass is 10.3. The zero-order valence-corrected chi connectivity index (χ0v) is 8.68. The minimum absolute atomic E-state index is 0.137. The fourth-order valence-electron chi connectivity index (χ4n) is 0.550. The van der Waals surface area contributed by atoms with Gasteiger partial charge in [-0.3, -0.25) is 14.7 Å². The van der Waals surface area contributed by atoms with Crippen LogP contribution in [0.2, 0.25) is 0 Å². The van der Waals surface area contributed by atoms with Crippen molar-refractivity contribution >= 4 is 28.0 Å². The summed E-state index contributed by atoms with van der Waals surface area (Å²) in [5.74, 6) is 0.